The lowest BCUT2D eigenvalue weighted by Gasteiger charge is -2.20. The van der Waals surface area contributed by atoms with Gasteiger partial charge in [0.2, 0.25) is 0 Å². The molecule has 3 N–H and O–H groups in total. The summed E-state index contributed by atoms with van der Waals surface area (Å²) >= 11 is 0. The quantitative estimate of drug-likeness (QED) is 0.0306. The Morgan fingerprint density at radius 1 is 0.698 bits per heavy atom. The molecule has 0 aromatic carbocycles. The number of hydrogen-bond acceptors (Lipinski definition) is 9. The van der Waals surface area contributed by atoms with E-state index in [1.54, 1.807) is 6.08 Å². The highest BCUT2D eigenvalue weighted by Gasteiger charge is 2.27. The number of carbonyl (C=O) groups is 2. The largest absolute Gasteiger partial charge is 0.472 e. The molecule has 0 rings (SSSR count). The average molecular weight is 637 g/mol. The number of rotatable bonds is 31. The summed E-state index contributed by atoms with van der Waals surface area (Å²) < 4.78 is 32.3. The second kappa shape index (κ2) is 29.4. The molecule has 0 amide bonds. The molecule has 0 aliphatic rings. The van der Waals surface area contributed by atoms with Crippen LogP contribution in [0.1, 0.15) is 142 Å². The highest BCUT2D eigenvalue weighted by molar-refractivity contribution is 7.47. The Labute approximate surface area is 260 Å². The molecule has 10 nitrogen and oxygen atoms in total. The Balaban J connectivity index is 4.50. The van der Waals surface area contributed by atoms with Gasteiger partial charge in [0, 0.05) is 6.42 Å². The molecular weight excluding hydrogens is 575 g/mol. The van der Waals surface area contributed by atoms with Crippen LogP contribution in [0, 0.1) is 0 Å². The van der Waals surface area contributed by atoms with Gasteiger partial charge in [-0.05, 0) is 19.3 Å². The maximum Gasteiger partial charge on any atom is 0.472 e. The normalized spacial score (nSPS) is 14.4. The summed E-state index contributed by atoms with van der Waals surface area (Å²) in [5.41, 5.74) is 0. The second-order valence-corrected chi connectivity index (χ2v) is 12.7. The topological polar surface area (TPSA) is 149 Å². The van der Waals surface area contributed by atoms with Gasteiger partial charge in [0.25, 0.3) is 0 Å². The summed E-state index contributed by atoms with van der Waals surface area (Å²) in [6, 6.07) is 0. The van der Waals surface area contributed by atoms with Gasteiger partial charge in [-0.1, -0.05) is 122 Å². The van der Waals surface area contributed by atoms with E-state index in [2.05, 4.69) is 18.4 Å². The number of hydrogen-bond donors (Lipinski definition) is 3. The molecule has 0 aliphatic carbocycles. The van der Waals surface area contributed by atoms with Crippen molar-refractivity contribution < 1.29 is 47.8 Å². The van der Waals surface area contributed by atoms with Gasteiger partial charge in [0.05, 0.1) is 26.2 Å². The van der Waals surface area contributed by atoms with Gasteiger partial charge in [-0.2, -0.15) is 0 Å². The molecule has 0 aromatic heterocycles. The molecule has 43 heavy (non-hydrogen) atoms. The first-order chi connectivity index (χ1) is 20.7. The van der Waals surface area contributed by atoms with Gasteiger partial charge in [-0.15, -0.1) is 0 Å². The predicted octanol–water partition coefficient (Wildman–Crippen LogP) is 7.33. The summed E-state index contributed by atoms with van der Waals surface area (Å²) in [6.45, 7) is 2.25. The lowest BCUT2D eigenvalue weighted by atomic mass is 10.1. The summed E-state index contributed by atoms with van der Waals surface area (Å²) in [4.78, 5) is 34.5. The first-order valence-electron chi connectivity index (χ1n) is 16.6. The Kier molecular flexibility index (Phi) is 28.5. The zero-order chi connectivity index (χ0) is 32.0. The van der Waals surface area contributed by atoms with Crippen LogP contribution in [-0.4, -0.2) is 65.7 Å². The molecule has 0 heterocycles. The van der Waals surface area contributed by atoms with E-state index in [1.165, 1.54) is 77.0 Å². The number of unbranched alkanes of at least 4 members (excludes halogenated alkanes) is 16. The van der Waals surface area contributed by atoms with Crippen LogP contribution in [0.2, 0.25) is 0 Å². The van der Waals surface area contributed by atoms with E-state index in [0.29, 0.717) is 6.42 Å². The smallest absolute Gasteiger partial charge is 0.461 e. The minimum Gasteiger partial charge on any atom is -0.461 e. The number of phosphoric acid groups is 1. The first kappa shape index (κ1) is 41.7. The molecule has 1 unspecified atom stereocenters. The molecular formula is C32H61O10P. The predicted molar refractivity (Wildman–Crippen MR) is 168 cm³/mol. The van der Waals surface area contributed by atoms with Crippen molar-refractivity contribution in [2.24, 2.45) is 0 Å². The maximum absolute atomic E-state index is 12.4. The SMILES string of the molecule is CCCCCCCC/C=C\CC(=O)OC[C@H](COP(=O)(O)OC[C@@H](O)CO)OC(=O)CCCCCCCCCCCCC. The van der Waals surface area contributed by atoms with Crippen LogP contribution in [0.5, 0.6) is 0 Å². The number of carbonyl (C=O) groups excluding carboxylic acids is 2. The zero-order valence-corrected chi connectivity index (χ0v) is 27.8. The summed E-state index contributed by atoms with van der Waals surface area (Å²) in [6.07, 6.45) is 22.2. The highest BCUT2D eigenvalue weighted by Crippen LogP contribution is 2.43. The lowest BCUT2D eigenvalue weighted by Crippen LogP contribution is -2.29. The average Bonchev–Trinajstić information content (AvgIpc) is 2.99. The standard InChI is InChI=1S/C32H61O10P/c1-3-5-7-9-11-13-14-16-18-20-22-24-32(36)42-30(28-41-43(37,38)40-26-29(34)25-33)27-39-31(35)23-21-19-17-15-12-10-8-6-4-2/h19,21,29-30,33-34H,3-18,20,22-28H2,1-2H3,(H,37,38)/b21-19-/t29-,30+/m0/s1. The zero-order valence-electron chi connectivity index (χ0n) is 26.9. The molecule has 11 heteroatoms. The lowest BCUT2D eigenvalue weighted by molar-refractivity contribution is -0.160. The van der Waals surface area contributed by atoms with Crippen LogP contribution in [0.15, 0.2) is 12.2 Å². The number of aliphatic hydroxyl groups is 2. The van der Waals surface area contributed by atoms with Crippen molar-refractivity contribution >= 4 is 19.8 Å². The molecule has 0 radical (unpaired) electrons. The number of aliphatic hydroxyl groups excluding tert-OH is 2. The van der Waals surface area contributed by atoms with Crippen LogP contribution in [0.3, 0.4) is 0 Å². The monoisotopic (exact) mass is 636 g/mol. The fourth-order valence-corrected chi connectivity index (χ4v) is 5.12. The molecule has 3 atom stereocenters. The van der Waals surface area contributed by atoms with Crippen molar-refractivity contribution in [3.63, 3.8) is 0 Å². The van der Waals surface area contributed by atoms with E-state index in [0.717, 1.165) is 32.1 Å². The van der Waals surface area contributed by atoms with Crippen molar-refractivity contribution in [1.29, 1.82) is 0 Å². The maximum atomic E-state index is 12.4. The number of esters is 2. The first-order valence-corrected chi connectivity index (χ1v) is 18.1. The third kappa shape index (κ3) is 29.2. The van der Waals surface area contributed by atoms with Crippen molar-refractivity contribution in [2.75, 3.05) is 26.4 Å². The van der Waals surface area contributed by atoms with Crippen LogP contribution < -0.4 is 0 Å². The van der Waals surface area contributed by atoms with E-state index in [-0.39, 0.29) is 19.4 Å². The molecule has 254 valence electrons. The van der Waals surface area contributed by atoms with E-state index >= 15 is 0 Å². The van der Waals surface area contributed by atoms with Crippen molar-refractivity contribution in [3.05, 3.63) is 12.2 Å². The highest BCUT2D eigenvalue weighted by atomic mass is 31.2. The van der Waals surface area contributed by atoms with E-state index in [4.69, 9.17) is 19.1 Å². The van der Waals surface area contributed by atoms with E-state index in [1.807, 2.05) is 6.08 Å². The molecule has 0 aromatic rings. The van der Waals surface area contributed by atoms with Crippen LogP contribution in [-0.2, 0) is 32.7 Å². The fourth-order valence-electron chi connectivity index (χ4n) is 4.33. The van der Waals surface area contributed by atoms with Gasteiger partial charge >= 0.3 is 19.8 Å². The summed E-state index contributed by atoms with van der Waals surface area (Å²) in [7, 11) is -4.60. The Morgan fingerprint density at radius 3 is 1.77 bits per heavy atom. The summed E-state index contributed by atoms with van der Waals surface area (Å²) in [5.74, 6) is -1.02. The Morgan fingerprint density at radius 2 is 1.21 bits per heavy atom. The molecule has 0 saturated carbocycles. The summed E-state index contributed by atoms with van der Waals surface area (Å²) in [5, 5.41) is 18.2. The molecule has 0 saturated heterocycles. The number of phosphoric ester groups is 1. The van der Waals surface area contributed by atoms with E-state index in [9.17, 15) is 24.2 Å². The van der Waals surface area contributed by atoms with Gasteiger partial charge < -0.3 is 24.6 Å². The molecule has 0 aliphatic heterocycles. The molecule has 0 spiro atoms. The Bertz CT molecular complexity index is 746. The third-order valence-corrected chi connectivity index (χ3v) is 7.90. The van der Waals surface area contributed by atoms with Crippen molar-refractivity contribution in [2.45, 2.75) is 154 Å². The van der Waals surface area contributed by atoms with Crippen LogP contribution >= 0.6 is 7.82 Å². The molecule has 0 bridgehead atoms. The van der Waals surface area contributed by atoms with Gasteiger partial charge in [0.15, 0.2) is 6.10 Å². The molecule has 0 fully saturated rings. The van der Waals surface area contributed by atoms with E-state index < -0.39 is 51.8 Å². The fraction of sp³-hybridized carbons (Fsp3) is 0.875. The minimum absolute atomic E-state index is 0.0662. The minimum atomic E-state index is -4.60. The Hall–Kier alpha value is -1.29. The van der Waals surface area contributed by atoms with Crippen LogP contribution in [0.25, 0.3) is 0 Å². The second-order valence-electron chi connectivity index (χ2n) is 11.2. The van der Waals surface area contributed by atoms with Gasteiger partial charge in [0.1, 0.15) is 12.7 Å². The number of ether oxygens (including phenoxy) is 2. The van der Waals surface area contributed by atoms with Crippen molar-refractivity contribution in [1.82, 2.24) is 0 Å². The number of allylic oxidation sites excluding steroid dienone is 1. The van der Waals surface area contributed by atoms with Gasteiger partial charge in [-0.3, -0.25) is 18.6 Å². The van der Waals surface area contributed by atoms with Crippen molar-refractivity contribution in [3.8, 4) is 0 Å². The van der Waals surface area contributed by atoms with Crippen LogP contribution in [0.4, 0.5) is 0 Å². The third-order valence-electron chi connectivity index (χ3n) is 6.95. The van der Waals surface area contributed by atoms with Gasteiger partial charge in [-0.25, -0.2) is 4.57 Å².